The van der Waals surface area contributed by atoms with Gasteiger partial charge in [-0.05, 0) is 49.8 Å². The van der Waals surface area contributed by atoms with Crippen LogP contribution in [0.3, 0.4) is 0 Å². The zero-order valence-electron chi connectivity index (χ0n) is 18.8. The monoisotopic (exact) mass is 455 g/mol. The number of amides is 2. The average molecular weight is 456 g/mol. The molecule has 7 nitrogen and oxygen atoms in total. The maximum Gasteiger partial charge on any atom is 0.286 e. The number of nitrogens with one attached hydrogen (secondary N) is 2. The van der Waals surface area contributed by atoms with Gasteiger partial charge in [-0.25, -0.2) is 0 Å². The Balaban J connectivity index is 1.21. The van der Waals surface area contributed by atoms with E-state index in [9.17, 15) is 9.59 Å². The summed E-state index contributed by atoms with van der Waals surface area (Å²) < 4.78 is 0. The number of hydrogen-bond acceptors (Lipinski definition) is 6. The van der Waals surface area contributed by atoms with E-state index in [1.54, 1.807) is 0 Å². The molecular weight excluding hydrogens is 422 g/mol. The zero-order valence-corrected chi connectivity index (χ0v) is 19.6. The molecule has 2 N–H and O–H groups in total. The van der Waals surface area contributed by atoms with Gasteiger partial charge >= 0.3 is 0 Å². The summed E-state index contributed by atoms with van der Waals surface area (Å²) in [5.41, 5.74) is 2.00. The van der Waals surface area contributed by atoms with Gasteiger partial charge in [0.05, 0.1) is 6.54 Å². The zero-order chi connectivity index (χ0) is 22.3. The number of hydrogen-bond donors (Lipinski definition) is 2. The second kappa shape index (κ2) is 11.0. The molecule has 8 heteroatoms. The maximum atomic E-state index is 12.5. The number of anilines is 1. The fourth-order valence-corrected chi connectivity index (χ4v) is 5.31. The fourth-order valence-electron chi connectivity index (χ4n) is 4.53. The van der Waals surface area contributed by atoms with Crippen LogP contribution in [0.1, 0.15) is 72.2 Å². The summed E-state index contributed by atoms with van der Waals surface area (Å²) in [6.45, 7) is 4.63. The Kier molecular flexibility index (Phi) is 7.86. The molecular formula is C24H33N5O2S. The first-order chi connectivity index (χ1) is 15.6. The van der Waals surface area contributed by atoms with E-state index < -0.39 is 0 Å². The van der Waals surface area contributed by atoms with Crippen molar-refractivity contribution in [2.75, 3.05) is 18.4 Å². The van der Waals surface area contributed by atoms with Crippen LogP contribution in [0.5, 0.6) is 0 Å². The Morgan fingerprint density at radius 3 is 2.44 bits per heavy atom. The van der Waals surface area contributed by atoms with E-state index in [4.69, 9.17) is 0 Å². The van der Waals surface area contributed by atoms with Crippen molar-refractivity contribution < 1.29 is 9.59 Å². The van der Waals surface area contributed by atoms with Crippen LogP contribution in [0.4, 0.5) is 5.69 Å². The summed E-state index contributed by atoms with van der Waals surface area (Å²) in [6.07, 6.45) is 8.61. The van der Waals surface area contributed by atoms with Gasteiger partial charge in [-0.15, -0.1) is 10.2 Å². The molecule has 1 aliphatic carbocycles. The van der Waals surface area contributed by atoms with Crippen molar-refractivity contribution in [3.8, 4) is 0 Å². The number of piperidine rings is 1. The number of likely N-dealkylation sites (tertiary alicyclic amines) is 1. The molecule has 1 saturated heterocycles. The highest BCUT2D eigenvalue weighted by Crippen LogP contribution is 2.24. The van der Waals surface area contributed by atoms with Crippen LogP contribution >= 0.6 is 11.3 Å². The van der Waals surface area contributed by atoms with Crippen LogP contribution in [0.2, 0.25) is 0 Å². The number of carbonyl (C=O) groups is 2. The largest absolute Gasteiger partial charge is 0.353 e. The fraction of sp³-hybridized carbons (Fsp3) is 0.583. The Morgan fingerprint density at radius 1 is 1.03 bits per heavy atom. The molecule has 2 aliphatic rings. The molecule has 2 amide bonds. The van der Waals surface area contributed by atoms with Crippen LogP contribution in [-0.2, 0) is 17.8 Å². The lowest BCUT2D eigenvalue weighted by Crippen LogP contribution is -2.46. The summed E-state index contributed by atoms with van der Waals surface area (Å²) in [7, 11) is 0. The van der Waals surface area contributed by atoms with Crippen LogP contribution < -0.4 is 10.6 Å². The third-order valence-electron chi connectivity index (χ3n) is 6.55. The lowest BCUT2D eigenvalue weighted by molar-refractivity contribution is -0.127. The first kappa shape index (κ1) is 22.9. The van der Waals surface area contributed by atoms with Gasteiger partial charge in [-0.2, -0.15) is 0 Å². The highest BCUT2D eigenvalue weighted by molar-refractivity contribution is 7.13. The third kappa shape index (κ3) is 6.13. The smallest absolute Gasteiger partial charge is 0.286 e. The topological polar surface area (TPSA) is 87.2 Å². The molecule has 1 aromatic heterocycles. The van der Waals surface area contributed by atoms with Crippen molar-refractivity contribution in [1.29, 1.82) is 0 Å². The van der Waals surface area contributed by atoms with E-state index in [-0.39, 0.29) is 23.8 Å². The van der Waals surface area contributed by atoms with E-state index in [0.29, 0.717) is 11.6 Å². The van der Waals surface area contributed by atoms with Crippen LogP contribution in [0.25, 0.3) is 0 Å². The minimum absolute atomic E-state index is 0.220. The number of rotatable bonds is 7. The molecule has 172 valence electrons. The van der Waals surface area contributed by atoms with E-state index in [2.05, 4.69) is 32.7 Å². The molecule has 0 radical (unpaired) electrons. The lowest BCUT2D eigenvalue weighted by atomic mass is 9.88. The van der Waals surface area contributed by atoms with Crippen molar-refractivity contribution >= 4 is 28.8 Å². The van der Waals surface area contributed by atoms with E-state index in [1.165, 1.54) is 36.2 Å². The molecule has 2 aromatic rings. The van der Waals surface area contributed by atoms with Crippen molar-refractivity contribution in [2.24, 2.45) is 5.92 Å². The normalized spacial score (nSPS) is 18.4. The summed E-state index contributed by atoms with van der Waals surface area (Å²) in [6, 6.07) is 8.13. The number of nitrogens with zero attached hydrogens (tertiary/aromatic N) is 3. The van der Waals surface area contributed by atoms with Crippen LogP contribution in [0.15, 0.2) is 24.3 Å². The summed E-state index contributed by atoms with van der Waals surface area (Å²) in [5, 5.41) is 15.7. The standard InChI is InChI=1S/C24H33N5O2S/c1-2-17-8-10-19(11-9-17)26-23(31)24-28-27-21(32-24)16-29-14-12-20(13-15-29)25-22(30)18-6-4-3-5-7-18/h8-11,18,20H,2-7,12-16H2,1H3,(H,25,30)(H,26,31). The van der Waals surface area contributed by atoms with Gasteiger partial charge in [0.1, 0.15) is 5.01 Å². The number of carbonyl (C=O) groups excluding carboxylic acids is 2. The minimum Gasteiger partial charge on any atom is -0.353 e. The molecule has 1 aromatic carbocycles. The molecule has 0 spiro atoms. The van der Waals surface area contributed by atoms with Gasteiger partial charge in [-0.1, -0.05) is 49.7 Å². The number of aryl methyl sites for hydroxylation is 1. The molecule has 1 saturated carbocycles. The summed E-state index contributed by atoms with van der Waals surface area (Å²) in [4.78, 5) is 27.3. The average Bonchev–Trinajstić information content (AvgIpc) is 3.30. The van der Waals surface area contributed by atoms with Gasteiger partial charge in [-0.3, -0.25) is 14.5 Å². The van der Waals surface area contributed by atoms with Gasteiger partial charge in [0, 0.05) is 30.7 Å². The Morgan fingerprint density at radius 2 is 1.75 bits per heavy atom. The summed E-state index contributed by atoms with van der Waals surface area (Å²) >= 11 is 1.35. The predicted octanol–water partition coefficient (Wildman–Crippen LogP) is 4.01. The SMILES string of the molecule is CCc1ccc(NC(=O)c2nnc(CN3CCC(NC(=O)C4CCCCC4)CC3)s2)cc1. The highest BCUT2D eigenvalue weighted by Gasteiger charge is 2.26. The van der Waals surface area contributed by atoms with Gasteiger partial charge in [0.25, 0.3) is 5.91 Å². The Labute approximate surface area is 194 Å². The van der Waals surface area contributed by atoms with Crippen LogP contribution in [-0.4, -0.2) is 46.0 Å². The number of benzene rings is 1. The Bertz CT molecular complexity index is 899. The molecule has 1 aliphatic heterocycles. The van der Waals surface area contributed by atoms with Crippen molar-refractivity contribution in [3.05, 3.63) is 39.8 Å². The van der Waals surface area contributed by atoms with Crippen molar-refractivity contribution in [1.82, 2.24) is 20.4 Å². The molecule has 0 unspecified atom stereocenters. The van der Waals surface area contributed by atoms with E-state index >= 15 is 0 Å². The van der Waals surface area contributed by atoms with E-state index in [0.717, 1.165) is 55.9 Å². The first-order valence-corrected chi connectivity index (χ1v) is 12.7. The quantitative estimate of drug-likeness (QED) is 0.659. The molecule has 0 atom stereocenters. The molecule has 0 bridgehead atoms. The van der Waals surface area contributed by atoms with E-state index in [1.807, 2.05) is 24.3 Å². The summed E-state index contributed by atoms with van der Waals surface area (Å²) in [5.74, 6) is 0.256. The van der Waals surface area contributed by atoms with Gasteiger partial charge in [0.2, 0.25) is 10.9 Å². The molecule has 4 rings (SSSR count). The van der Waals surface area contributed by atoms with Crippen LogP contribution in [0, 0.1) is 5.92 Å². The van der Waals surface area contributed by atoms with Crippen molar-refractivity contribution in [3.63, 3.8) is 0 Å². The first-order valence-electron chi connectivity index (χ1n) is 11.9. The Hall–Kier alpha value is -2.32. The second-order valence-electron chi connectivity index (χ2n) is 8.90. The van der Waals surface area contributed by atoms with Gasteiger partial charge < -0.3 is 10.6 Å². The highest BCUT2D eigenvalue weighted by atomic mass is 32.1. The third-order valence-corrected chi connectivity index (χ3v) is 7.46. The molecule has 2 heterocycles. The minimum atomic E-state index is -0.220. The lowest BCUT2D eigenvalue weighted by Gasteiger charge is -2.33. The number of aromatic nitrogens is 2. The maximum absolute atomic E-state index is 12.5. The molecule has 2 fully saturated rings. The second-order valence-corrected chi connectivity index (χ2v) is 9.96. The molecule has 32 heavy (non-hydrogen) atoms. The van der Waals surface area contributed by atoms with Gasteiger partial charge in [0.15, 0.2) is 0 Å². The van der Waals surface area contributed by atoms with Crippen molar-refractivity contribution in [2.45, 2.75) is 70.9 Å². The predicted molar refractivity (Wildman–Crippen MR) is 127 cm³/mol.